The first-order chi connectivity index (χ1) is 11.0. The fourth-order valence-corrected chi connectivity index (χ4v) is 6.45. The summed E-state index contributed by atoms with van der Waals surface area (Å²) in [5, 5.41) is 8.45. The number of fused-ring (bicyclic) bond motifs is 5. The lowest BCUT2D eigenvalue weighted by Crippen LogP contribution is -2.50. The van der Waals surface area contributed by atoms with Gasteiger partial charge in [-0.1, -0.05) is 19.9 Å². The zero-order chi connectivity index (χ0) is 16.2. The van der Waals surface area contributed by atoms with Crippen molar-refractivity contribution in [1.82, 2.24) is 0 Å². The van der Waals surface area contributed by atoms with E-state index >= 15 is 0 Å². The molecule has 5 atom stereocenters. The average Bonchev–Trinajstić information content (AvgIpc) is 2.81. The molecule has 23 heavy (non-hydrogen) atoms. The lowest BCUT2D eigenvalue weighted by atomic mass is 9.49. The van der Waals surface area contributed by atoms with E-state index in [4.69, 9.17) is 10.1 Å². The molecule has 3 aliphatic carbocycles. The minimum absolute atomic E-state index is 0.0545. The molecule has 0 aromatic heterocycles. The molecule has 1 N–H and O–H groups in total. The molecule has 4 aliphatic rings. The van der Waals surface area contributed by atoms with Gasteiger partial charge in [0.15, 0.2) is 0 Å². The summed E-state index contributed by atoms with van der Waals surface area (Å²) in [5.74, 6) is 2.37. The zero-order valence-corrected chi connectivity index (χ0v) is 14.5. The topological polar surface area (TPSA) is 50.1 Å². The number of carbonyl (C=O) groups excluding carboxylic acids is 1. The largest absolute Gasteiger partial charge is 0.375 e. The zero-order valence-electron chi connectivity index (χ0n) is 14.5. The van der Waals surface area contributed by atoms with E-state index in [-0.39, 0.29) is 10.8 Å². The highest BCUT2D eigenvalue weighted by Gasteiger charge is 2.58. The molecule has 3 fully saturated rings. The summed E-state index contributed by atoms with van der Waals surface area (Å²) in [5.41, 5.74) is 2.02. The third-order valence-electron chi connectivity index (χ3n) is 7.73. The summed E-state index contributed by atoms with van der Waals surface area (Å²) in [6.07, 6.45) is 9.72. The van der Waals surface area contributed by atoms with Crippen LogP contribution in [0.15, 0.2) is 11.6 Å². The molecule has 3 nitrogen and oxygen atoms in total. The van der Waals surface area contributed by atoms with Gasteiger partial charge in [0.2, 0.25) is 0 Å². The van der Waals surface area contributed by atoms with Gasteiger partial charge in [0, 0.05) is 18.4 Å². The number of Topliss-reactive ketones (excluding diaryl/α,β-unsaturated/α-hetero) is 1. The Labute approximate surface area is 139 Å². The predicted octanol–water partition coefficient (Wildman–Crippen LogP) is 4.16. The van der Waals surface area contributed by atoms with Gasteiger partial charge in [-0.2, -0.15) is 0 Å². The van der Waals surface area contributed by atoms with Gasteiger partial charge in [-0.15, -0.1) is 0 Å². The molecule has 0 amide bonds. The van der Waals surface area contributed by atoms with E-state index in [1.165, 1.54) is 5.57 Å². The molecule has 0 aromatic rings. The highest BCUT2D eigenvalue weighted by atomic mass is 16.5. The monoisotopic (exact) mass is 315 g/mol. The Morgan fingerprint density at radius 3 is 2.78 bits per heavy atom. The Hall–Kier alpha value is -0.960. The van der Waals surface area contributed by atoms with Crippen molar-refractivity contribution in [2.24, 2.45) is 28.6 Å². The Morgan fingerprint density at radius 2 is 1.96 bits per heavy atom. The number of rotatable bonds is 0. The van der Waals surface area contributed by atoms with Crippen LogP contribution in [0.1, 0.15) is 58.8 Å². The standard InChI is InChI=1S/C20H29NO2/c1-19-9-3-11-23-12-17(21)16(19)5-4-13-14-6-7-18(22)20(14,2)10-8-15(13)19/h5,13-15,21H,3-4,6-12H2,1-2H3. The van der Waals surface area contributed by atoms with Crippen molar-refractivity contribution in [2.45, 2.75) is 58.8 Å². The van der Waals surface area contributed by atoms with E-state index in [9.17, 15) is 4.79 Å². The summed E-state index contributed by atoms with van der Waals surface area (Å²) < 4.78 is 5.61. The van der Waals surface area contributed by atoms with Crippen LogP contribution in [0.25, 0.3) is 0 Å². The average molecular weight is 315 g/mol. The van der Waals surface area contributed by atoms with Crippen LogP contribution in [-0.2, 0) is 9.53 Å². The molecule has 5 unspecified atom stereocenters. The maximum Gasteiger partial charge on any atom is 0.139 e. The Bertz CT molecular complexity index is 580. The highest BCUT2D eigenvalue weighted by molar-refractivity contribution is 6.00. The second-order valence-electron chi connectivity index (χ2n) is 8.70. The summed E-state index contributed by atoms with van der Waals surface area (Å²) in [4.78, 5) is 12.5. The van der Waals surface area contributed by atoms with Crippen molar-refractivity contribution >= 4 is 11.5 Å². The number of carbonyl (C=O) groups is 1. The molecule has 1 heterocycles. The normalized spacial score (nSPS) is 47.0. The fourth-order valence-electron chi connectivity index (χ4n) is 6.45. The summed E-state index contributed by atoms with van der Waals surface area (Å²) in [7, 11) is 0. The van der Waals surface area contributed by atoms with Crippen LogP contribution >= 0.6 is 0 Å². The number of nitrogens with one attached hydrogen (secondary N) is 1. The molecule has 0 spiro atoms. The quantitative estimate of drug-likeness (QED) is 0.729. The summed E-state index contributed by atoms with van der Waals surface area (Å²) in [6.45, 7) is 5.88. The van der Waals surface area contributed by atoms with Crippen molar-refractivity contribution in [1.29, 1.82) is 5.41 Å². The number of ketones is 1. The summed E-state index contributed by atoms with van der Waals surface area (Å²) >= 11 is 0. The van der Waals surface area contributed by atoms with E-state index in [2.05, 4.69) is 19.9 Å². The second kappa shape index (κ2) is 5.27. The van der Waals surface area contributed by atoms with Crippen molar-refractivity contribution in [2.75, 3.05) is 13.2 Å². The Kier molecular flexibility index (Phi) is 3.57. The minimum Gasteiger partial charge on any atom is -0.375 e. The maximum atomic E-state index is 12.5. The van der Waals surface area contributed by atoms with Gasteiger partial charge < -0.3 is 10.1 Å². The molecule has 0 radical (unpaired) electrons. The molecule has 1 aliphatic heterocycles. The Morgan fingerprint density at radius 1 is 1.17 bits per heavy atom. The number of hydrogen-bond acceptors (Lipinski definition) is 3. The van der Waals surface area contributed by atoms with E-state index in [0.29, 0.717) is 35.9 Å². The fraction of sp³-hybridized carbons (Fsp3) is 0.800. The van der Waals surface area contributed by atoms with Gasteiger partial charge in [0.25, 0.3) is 0 Å². The smallest absolute Gasteiger partial charge is 0.139 e. The van der Waals surface area contributed by atoms with Crippen LogP contribution in [0, 0.1) is 34.0 Å². The number of allylic oxidation sites excluding steroid dienone is 1. The molecular weight excluding hydrogens is 286 g/mol. The number of ether oxygens (including phenoxy) is 1. The second-order valence-corrected chi connectivity index (χ2v) is 8.70. The van der Waals surface area contributed by atoms with Gasteiger partial charge in [-0.25, -0.2) is 0 Å². The first kappa shape index (κ1) is 15.6. The lowest BCUT2D eigenvalue weighted by molar-refractivity contribution is -0.131. The van der Waals surface area contributed by atoms with E-state index < -0.39 is 0 Å². The molecule has 3 heteroatoms. The van der Waals surface area contributed by atoms with Crippen molar-refractivity contribution in [3.63, 3.8) is 0 Å². The van der Waals surface area contributed by atoms with Crippen LogP contribution in [0.3, 0.4) is 0 Å². The van der Waals surface area contributed by atoms with Crippen LogP contribution in [-0.4, -0.2) is 24.7 Å². The third kappa shape index (κ3) is 2.12. The van der Waals surface area contributed by atoms with E-state index in [1.54, 1.807) is 0 Å². The summed E-state index contributed by atoms with van der Waals surface area (Å²) in [6, 6.07) is 0. The van der Waals surface area contributed by atoms with Crippen molar-refractivity contribution in [3.05, 3.63) is 11.6 Å². The predicted molar refractivity (Wildman–Crippen MR) is 90.6 cm³/mol. The van der Waals surface area contributed by atoms with Gasteiger partial charge in [0.1, 0.15) is 5.78 Å². The molecule has 1 saturated heterocycles. The molecule has 0 aromatic carbocycles. The highest BCUT2D eigenvalue weighted by Crippen LogP contribution is 2.62. The van der Waals surface area contributed by atoms with Crippen LogP contribution < -0.4 is 0 Å². The first-order valence-electron chi connectivity index (χ1n) is 9.36. The Balaban J connectivity index is 1.72. The number of hydrogen-bond donors (Lipinski definition) is 1. The first-order valence-corrected chi connectivity index (χ1v) is 9.36. The van der Waals surface area contributed by atoms with Crippen LogP contribution in [0.5, 0.6) is 0 Å². The van der Waals surface area contributed by atoms with Gasteiger partial charge in [-0.3, -0.25) is 4.79 Å². The molecule has 2 saturated carbocycles. The van der Waals surface area contributed by atoms with Crippen molar-refractivity contribution in [3.8, 4) is 0 Å². The van der Waals surface area contributed by atoms with Gasteiger partial charge in [-0.05, 0) is 67.3 Å². The lowest BCUT2D eigenvalue weighted by Gasteiger charge is -2.55. The SMILES string of the molecule is CC12CCC3C(CC=C4C(=N)COCCCC43C)C1CCC2=O. The van der Waals surface area contributed by atoms with Gasteiger partial charge >= 0.3 is 0 Å². The van der Waals surface area contributed by atoms with E-state index in [1.807, 2.05) is 0 Å². The maximum absolute atomic E-state index is 12.5. The van der Waals surface area contributed by atoms with Crippen molar-refractivity contribution < 1.29 is 9.53 Å². The third-order valence-corrected chi connectivity index (χ3v) is 7.73. The van der Waals surface area contributed by atoms with Crippen LogP contribution in [0.2, 0.25) is 0 Å². The van der Waals surface area contributed by atoms with E-state index in [0.717, 1.165) is 51.6 Å². The molecule has 126 valence electrons. The van der Waals surface area contributed by atoms with Crippen LogP contribution in [0.4, 0.5) is 0 Å². The molecule has 4 rings (SSSR count). The van der Waals surface area contributed by atoms with Gasteiger partial charge in [0.05, 0.1) is 12.3 Å². The molecule has 0 bridgehead atoms. The minimum atomic E-state index is -0.0545. The molecular formula is C20H29NO2.